The van der Waals surface area contributed by atoms with Crippen LogP contribution in [-0.2, 0) is 12.8 Å². The lowest BCUT2D eigenvalue weighted by atomic mass is 9.77. The van der Waals surface area contributed by atoms with Crippen LogP contribution in [-0.4, -0.2) is 16.5 Å². The van der Waals surface area contributed by atoms with Gasteiger partial charge >= 0.3 is 0 Å². The molecule has 0 spiro atoms. The number of hydrogen-bond donors (Lipinski definition) is 1. The van der Waals surface area contributed by atoms with E-state index in [9.17, 15) is 0 Å². The Morgan fingerprint density at radius 2 is 1.94 bits per heavy atom. The minimum Gasteiger partial charge on any atom is -0.330 e. The van der Waals surface area contributed by atoms with E-state index in [1.807, 2.05) is 12.4 Å². The average Bonchev–Trinajstić information content (AvgIpc) is 2.33. The van der Waals surface area contributed by atoms with Gasteiger partial charge in [0.1, 0.15) is 5.82 Å². The fourth-order valence-electron chi connectivity index (χ4n) is 2.33. The Labute approximate surface area is 101 Å². The van der Waals surface area contributed by atoms with Gasteiger partial charge in [0.05, 0.1) is 0 Å². The first kappa shape index (κ1) is 10.4. The first-order chi connectivity index (χ1) is 8.38. The van der Waals surface area contributed by atoms with Crippen LogP contribution in [0.4, 0.5) is 0 Å². The van der Waals surface area contributed by atoms with Crippen molar-refractivity contribution < 1.29 is 0 Å². The van der Waals surface area contributed by atoms with Crippen molar-refractivity contribution in [1.29, 1.82) is 0 Å². The maximum atomic E-state index is 5.50. The van der Waals surface area contributed by atoms with Crippen molar-refractivity contribution >= 4 is 0 Å². The highest BCUT2D eigenvalue weighted by molar-refractivity contribution is 5.43. The molecule has 1 heterocycles. The van der Waals surface area contributed by atoms with Crippen molar-refractivity contribution in [3.05, 3.63) is 59.2 Å². The topological polar surface area (TPSA) is 51.8 Å². The summed E-state index contributed by atoms with van der Waals surface area (Å²) >= 11 is 0. The average molecular weight is 225 g/mol. The summed E-state index contributed by atoms with van der Waals surface area (Å²) in [5, 5.41) is 0. The zero-order chi connectivity index (χ0) is 11.7. The molecule has 0 saturated carbocycles. The summed E-state index contributed by atoms with van der Waals surface area (Å²) in [4.78, 5) is 8.90. The van der Waals surface area contributed by atoms with Crippen molar-refractivity contribution in [3.8, 4) is 0 Å². The summed E-state index contributed by atoms with van der Waals surface area (Å²) in [5.41, 5.74) is 9.42. The number of rotatable bonds is 3. The van der Waals surface area contributed by atoms with E-state index >= 15 is 0 Å². The molecule has 0 bridgehead atoms. The Morgan fingerprint density at radius 3 is 2.65 bits per heavy atom. The van der Waals surface area contributed by atoms with Gasteiger partial charge in [-0.15, -0.1) is 0 Å². The van der Waals surface area contributed by atoms with Crippen LogP contribution in [0.2, 0.25) is 0 Å². The molecule has 3 nitrogen and oxygen atoms in total. The molecule has 2 N–H and O–H groups in total. The zero-order valence-electron chi connectivity index (χ0n) is 9.63. The van der Waals surface area contributed by atoms with Gasteiger partial charge < -0.3 is 5.73 Å². The highest BCUT2D eigenvalue weighted by atomic mass is 14.9. The molecule has 0 amide bonds. The lowest BCUT2D eigenvalue weighted by molar-refractivity contribution is 0.657. The van der Waals surface area contributed by atoms with Crippen LogP contribution in [0.25, 0.3) is 0 Å². The lowest BCUT2D eigenvalue weighted by Gasteiger charge is -2.28. The van der Waals surface area contributed by atoms with E-state index < -0.39 is 0 Å². The van der Waals surface area contributed by atoms with Crippen LogP contribution in [0, 0.1) is 0 Å². The smallest absolute Gasteiger partial charge is 0.136 e. The molecule has 86 valence electrons. The van der Waals surface area contributed by atoms with Crippen molar-refractivity contribution in [3.63, 3.8) is 0 Å². The van der Waals surface area contributed by atoms with Crippen LogP contribution >= 0.6 is 0 Å². The van der Waals surface area contributed by atoms with Gasteiger partial charge in [-0.2, -0.15) is 0 Å². The molecule has 0 radical (unpaired) electrons. The van der Waals surface area contributed by atoms with Crippen LogP contribution in [0.3, 0.4) is 0 Å². The third-order valence-electron chi connectivity index (χ3n) is 3.32. The summed E-state index contributed by atoms with van der Waals surface area (Å²) in [6.07, 6.45) is 5.71. The largest absolute Gasteiger partial charge is 0.330 e. The second-order valence-corrected chi connectivity index (χ2v) is 4.44. The third-order valence-corrected chi connectivity index (χ3v) is 3.32. The minimum atomic E-state index is 0.387. The van der Waals surface area contributed by atoms with Gasteiger partial charge in [-0.05, 0) is 36.1 Å². The predicted octanol–water partition coefficient (Wildman–Crippen LogP) is 1.67. The molecule has 1 aromatic heterocycles. The molecule has 1 atom stereocenters. The number of hydrogen-bond acceptors (Lipinski definition) is 3. The minimum absolute atomic E-state index is 0.387. The van der Waals surface area contributed by atoms with Gasteiger partial charge in [0.15, 0.2) is 0 Å². The Hall–Kier alpha value is -1.74. The summed E-state index contributed by atoms with van der Waals surface area (Å²) in [7, 11) is 0. The summed E-state index contributed by atoms with van der Waals surface area (Å²) < 4.78 is 0. The number of benzene rings is 1. The van der Waals surface area contributed by atoms with Crippen molar-refractivity contribution in [2.45, 2.75) is 18.8 Å². The second kappa shape index (κ2) is 4.26. The van der Waals surface area contributed by atoms with E-state index in [4.69, 9.17) is 5.73 Å². The molecule has 2 aromatic rings. The number of nitrogens with two attached hydrogens (primary N) is 1. The summed E-state index contributed by atoms with van der Waals surface area (Å²) in [6, 6.07) is 8.50. The molecule has 1 aromatic carbocycles. The molecule has 1 aliphatic rings. The highest BCUT2D eigenvalue weighted by Crippen LogP contribution is 2.37. The molecule has 0 fully saturated rings. The fraction of sp³-hybridized carbons (Fsp3) is 0.286. The van der Waals surface area contributed by atoms with Crippen molar-refractivity contribution in [2.75, 3.05) is 6.54 Å². The van der Waals surface area contributed by atoms with E-state index in [2.05, 4.69) is 34.2 Å². The van der Waals surface area contributed by atoms with Gasteiger partial charge in [-0.25, -0.2) is 9.97 Å². The van der Waals surface area contributed by atoms with E-state index in [1.165, 1.54) is 11.1 Å². The Morgan fingerprint density at radius 1 is 1.18 bits per heavy atom. The van der Waals surface area contributed by atoms with Crippen LogP contribution < -0.4 is 5.73 Å². The number of aromatic nitrogens is 2. The molecular formula is C14H15N3. The first-order valence-electron chi connectivity index (χ1n) is 5.97. The quantitative estimate of drug-likeness (QED) is 0.864. The van der Waals surface area contributed by atoms with Crippen LogP contribution in [0.5, 0.6) is 0 Å². The molecule has 17 heavy (non-hydrogen) atoms. The maximum Gasteiger partial charge on any atom is 0.136 e. The molecule has 1 unspecified atom stereocenters. The molecule has 1 aliphatic carbocycles. The SMILES string of the molecule is NCCc1cnc(C2Cc3ccccc32)nc1. The fourth-order valence-corrected chi connectivity index (χ4v) is 2.33. The van der Waals surface area contributed by atoms with Crippen LogP contribution in [0.1, 0.15) is 28.4 Å². The summed E-state index contributed by atoms with van der Waals surface area (Å²) in [5.74, 6) is 1.32. The van der Waals surface area contributed by atoms with Crippen molar-refractivity contribution in [1.82, 2.24) is 9.97 Å². The number of fused-ring (bicyclic) bond motifs is 1. The van der Waals surface area contributed by atoms with Gasteiger partial charge in [0.2, 0.25) is 0 Å². The van der Waals surface area contributed by atoms with E-state index in [-0.39, 0.29) is 0 Å². The maximum absolute atomic E-state index is 5.50. The molecule has 3 heteroatoms. The van der Waals surface area contributed by atoms with Gasteiger partial charge in [-0.3, -0.25) is 0 Å². The zero-order valence-corrected chi connectivity index (χ0v) is 9.63. The van der Waals surface area contributed by atoms with Gasteiger partial charge in [-0.1, -0.05) is 24.3 Å². The first-order valence-corrected chi connectivity index (χ1v) is 5.97. The normalized spacial score (nSPS) is 17.4. The van der Waals surface area contributed by atoms with Crippen LogP contribution in [0.15, 0.2) is 36.7 Å². The standard InChI is InChI=1S/C14H15N3/c15-6-5-10-8-16-14(17-9-10)13-7-11-3-1-2-4-12(11)13/h1-4,8-9,13H,5-7,15H2. The lowest BCUT2D eigenvalue weighted by Crippen LogP contribution is -2.20. The van der Waals surface area contributed by atoms with Gasteiger partial charge in [0.25, 0.3) is 0 Å². The Balaban J connectivity index is 1.83. The van der Waals surface area contributed by atoms with Gasteiger partial charge in [0, 0.05) is 18.3 Å². The Kier molecular flexibility index (Phi) is 2.61. The highest BCUT2D eigenvalue weighted by Gasteiger charge is 2.28. The van der Waals surface area contributed by atoms with Crippen molar-refractivity contribution in [2.24, 2.45) is 5.73 Å². The molecule has 0 aliphatic heterocycles. The molecule has 0 saturated heterocycles. The molecule has 3 rings (SSSR count). The predicted molar refractivity (Wildman–Crippen MR) is 66.8 cm³/mol. The summed E-state index contributed by atoms with van der Waals surface area (Å²) in [6.45, 7) is 0.648. The van der Waals surface area contributed by atoms with E-state index in [1.54, 1.807) is 0 Å². The Bertz CT molecular complexity index is 519. The second-order valence-electron chi connectivity index (χ2n) is 4.44. The van der Waals surface area contributed by atoms with E-state index in [0.29, 0.717) is 12.5 Å². The molecular weight excluding hydrogens is 210 g/mol. The van der Waals surface area contributed by atoms with E-state index in [0.717, 1.165) is 24.2 Å². The number of nitrogens with zero attached hydrogens (tertiary/aromatic N) is 2. The monoisotopic (exact) mass is 225 g/mol. The third kappa shape index (κ3) is 1.83.